The van der Waals surface area contributed by atoms with E-state index in [9.17, 15) is 5.26 Å². The molecule has 0 saturated heterocycles. The number of aromatic nitrogens is 4. The van der Waals surface area contributed by atoms with Crippen molar-refractivity contribution in [1.29, 1.82) is 5.26 Å². The number of hydrogen-bond donors (Lipinski definition) is 0. The summed E-state index contributed by atoms with van der Waals surface area (Å²) in [5.74, 6) is 1.81. The van der Waals surface area contributed by atoms with Crippen LogP contribution in [-0.2, 0) is 0 Å². The first-order valence-corrected chi connectivity index (χ1v) is 16.8. The number of benzene rings is 7. The Morgan fingerprint density at radius 2 is 0.824 bits per heavy atom. The predicted molar refractivity (Wildman–Crippen MR) is 206 cm³/mol. The third kappa shape index (κ3) is 5.42. The predicted octanol–water partition coefficient (Wildman–Crippen LogP) is 11.2. The Balaban J connectivity index is 1.40. The van der Waals surface area contributed by atoms with Crippen LogP contribution in [0.2, 0.25) is 0 Å². The Hall–Kier alpha value is -7.16. The fourth-order valence-electron chi connectivity index (χ4n) is 6.90. The summed E-state index contributed by atoms with van der Waals surface area (Å²) in [6.07, 6.45) is 0. The van der Waals surface area contributed by atoms with Gasteiger partial charge in [0.2, 0.25) is 0 Å². The highest BCUT2D eigenvalue weighted by Crippen LogP contribution is 2.43. The average Bonchev–Trinajstić information content (AvgIpc) is 3.54. The minimum absolute atomic E-state index is 0.588. The average molecular weight is 652 g/mol. The summed E-state index contributed by atoms with van der Waals surface area (Å²) in [6, 6.07) is 62.2. The van der Waals surface area contributed by atoms with Crippen LogP contribution in [0.5, 0.6) is 0 Å². The number of nitrogens with zero attached hydrogens (tertiary/aromatic N) is 5. The van der Waals surface area contributed by atoms with Gasteiger partial charge in [-0.1, -0.05) is 140 Å². The summed E-state index contributed by atoms with van der Waals surface area (Å²) in [6.45, 7) is 0. The summed E-state index contributed by atoms with van der Waals surface area (Å²) in [4.78, 5) is 15.2. The SMILES string of the molecule is N#Cc1ccc2c(c1)c1ccccc1n2-c1c(-c2ccccc2)cc(-c2nc(-c3ccccc3)nc(-c3ccccc3)n2)cc1-c1ccccc1. The van der Waals surface area contributed by atoms with E-state index < -0.39 is 0 Å². The van der Waals surface area contributed by atoms with Crippen molar-refractivity contribution in [3.8, 4) is 68.2 Å². The minimum Gasteiger partial charge on any atom is -0.308 e. The van der Waals surface area contributed by atoms with Gasteiger partial charge in [0, 0.05) is 38.6 Å². The van der Waals surface area contributed by atoms with Gasteiger partial charge in [-0.05, 0) is 47.5 Å². The fraction of sp³-hybridized carbons (Fsp3) is 0. The van der Waals surface area contributed by atoms with Crippen LogP contribution in [0, 0.1) is 11.3 Å². The Morgan fingerprint density at radius 1 is 0.392 bits per heavy atom. The molecule has 0 saturated carbocycles. The molecule has 0 aliphatic heterocycles. The lowest BCUT2D eigenvalue weighted by Gasteiger charge is -2.21. The fourth-order valence-corrected chi connectivity index (χ4v) is 6.90. The Kier molecular flexibility index (Phi) is 7.46. The van der Waals surface area contributed by atoms with Crippen LogP contribution in [-0.4, -0.2) is 19.5 Å². The van der Waals surface area contributed by atoms with Crippen molar-refractivity contribution in [1.82, 2.24) is 19.5 Å². The van der Waals surface area contributed by atoms with Crippen molar-refractivity contribution in [2.24, 2.45) is 0 Å². The van der Waals surface area contributed by atoms with E-state index in [1.807, 2.05) is 84.9 Å². The monoisotopic (exact) mass is 651 g/mol. The van der Waals surface area contributed by atoms with Crippen molar-refractivity contribution < 1.29 is 0 Å². The van der Waals surface area contributed by atoms with E-state index in [1.165, 1.54) is 0 Å². The second-order valence-corrected chi connectivity index (χ2v) is 12.4. The molecule has 0 bridgehead atoms. The van der Waals surface area contributed by atoms with Crippen molar-refractivity contribution in [2.75, 3.05) is 0 Å². The summed E-state index contributed by atoms with van der Waals surface area (Å²) >= 11 is 0. The van der Waals surface area contributed by atoms with Crippen molar-refractivity contribution in [3.05, 3.63) is 181 Å². The topological polar surface area (TPSA) is 67.4 Å². The van der Waals surface area contributed by atoms with Gasteiger partial charge in [0.15, 0.2) is 17.5 Å². The highest BCUT2D eigenvalue weighted by atomic mass is 15.0. The molecule has 0 spiro atoms. The number of nitriles is 1. The molecule has 0 atom stereocenters. The van der Waals surface area contributed by atoms with E-state index in [4.69, 9.17) is 15.0 Å². The molecule has 0 fully saturated rings. The number of rotatable bonds is 6. The molecule has 0 aliphatic rings. The molecule has 0 N–H and O–H groups in total. The van der Waals surface area contributed by atoms with E-state index in [-0.39, 0.29) is 0 Å². The zero-order chi connectivity index (χ0) is 34.1. The third-order valence-electron chi connectivity index (χ3n) is 9.26. The molecule has 7 aromatic carbocycles. The number of fused-ring (bicyclic) bond motifs is 3. The van der Waals surface area contributed by atoms with Crippen LogP contribution in [0.25, 0.3) is 83.9 Å². The molecular formula is C46H29N5. The first kappa shape index (κ1) is 29.9. The van der Waals surface area contributed by atoms with Crippen LogP contribution < -0.4 is 0 Å². The van der Waals surface area contributed by atoms with Gasteiger partial charge in [-0.2, -0.15) is 5.26 Å². The van der Waals surface area contributed by atoms with Crippen LogP contribution in [0.15, 0.2) is 176 Å². The van der Waals surface area contributed by atoms with Crippen LogP contribution in [0.4, 0.5) is 0 Å². The van der Waals surface area contributed by atoms with Gasteiger partial charge >= 0.3 is 0 Å². The van der Waals surface area contributed by atoms with Crippen molar-refractivity contribution in [3.63, 3.8) is 0 Å². The van der Waals surface area contributed by atoms with Crippen LogP contribution in [0.1, 0.15) is 5.56 Å². The van der Waals surface area contributed by atoms with Gasteiger partial charge in [0.25, 0.3) is 0 Å². The van der Waals surface area contributed by atoms with E-state index >= 15 is 0 Å². The summed E-state index contributed by atoms with van der Waals surface area (Å²) in [7, 11) is 0. The van der Waals surface area contributed by atoms with E-state index in [1.54, 1.807) is 0 Å². The van der Waals surface area contributed by atoms with Gasteiger partial charge in [0.05, 0.1) is 28.4 Å². The van der Waals surface area contributed by atoms with Gasteiger partial charge < -0.3 is 4.57 Å². The lowest BCUT2D eigenvalue weighted by Crippen LogP contribution is -2.04. The molecule has 9 aromatic rings. The van der Waals surface area contributed by atoms with Gasteiger partial charge in [0.1, 0.15) is 0 Å². The molecule has 238 valence electrons. The zero-order valence-corrected chi connectivity index (χ0v) is 27.5. The first-order chi connectivity index (χ1) is 25.2. The Bertz CT molecular complexity index is 2610. The smallest absolute Gasteiger partial charge is 0.164 e. The molecule has 0 radical (unpaired) electrons. The highest BCUT2D eigenvalue weighted by Gasteiger charge is 2.23. The van der Waals surface area contributed by atoms with Crippen LogP contribution in [0.3, 0.4) is 0 Å². The van der Waals surface area contributed by atoms with Gasteiger partial charge in [-0.3, -0.25) is 0 Å². The zero-order valence-electron chi connectivity index (χ0n) is 27.5. The maximum Gasteiger partial charge on any atom is 0.164 e. The van der Waals surface area contributed by atoms with E-state index in [2.05, 4.69) is 102 Å². The van der Waals surface area contributed by atoms with Crippen LogP contribution >= 0.6 is 0 Å². The lowest BCUT2D eigenvalue weighted by atomic mass is 9.92. The normalized spacial score (nSPS) is 11.1. The maximum atomic E-state index is 9.83. The molecule has 51 heavy (non-hydrogen) atoms. The minimum atomic E-state index is 0.588. The van der Waals surface area contributed by atoms with E-state index in [0.717, 1.165) is 66.4 Å². The molecule has 0 unspecified atom stereocenters. The first-order valence-electron chi connectivity index (χ1n) is 16.8. The van der Waals surface area contributed by atoms with Gasteiger partial charge in [-0.25, -0.2) is 15.0 Å². The second-order valence-electron chi connectivity index (χ2n) is 12.4. The van der Waals surface area contributed by atoms with Crippen molar-refractivity contribution in [2.45, 2.75) is 0 Å². The highest BCUT2D eigenvalue weighted by molar-refractivity contribution is 6.11. The number of hydrogen-bond acceptors (Lipinski definition) is 4. The molecule has 5 nitrogen and oxygen atoms in total. The Labute approximate surface area is 295 Å². The quantitative estimate of drug-likeness (QED) is 0.179. The molecule has 9 rings (SSSR count). The molecule has 2 aromatic heterocycles. The molecule has 0 amide bonds. The van der Waals surface area contributed by atoms with Gasteiger partial charge in [-0.15, -0.1) is 0 Å². The molecule has 5 heteroatoms. The standard InChI is InChI=1S/C46H29N5/c47-30-31-25-26-42-40(27-31)37-23-13-14-24-41(37)51(42)43-38(32-15-5-1-6-16-32)28-36(29-39(43)33-17-7-2-8-18-33)46-49-44(34-19-9-3-10-20-34)48-45(50-46)35-21-11-4-12-22-35/h1-29H. The summed E-state index contributed by atoms with van der Waals surface area (Å²) < 4.78 is 2.35. The largest absolute Gasteiger partial charge is 0.308 e. The summed E-state index contributed by atoms with van der Waals surface area (Å²) in [5.41, 5.74) is 10.6. The molecule has 0 aliphatic carbocycles. The molecular weight excluding hydrogens is 623 g/mol. The molecule has 2 heterocycles. The summed E-state index contributed by atoms with van der Waals surface area (Å²) in [5, 5.41) is 11.9. The third-order valence-corrected chi connectivity index (χ3v) is 9.26. The Morgan fingerprint density at radius 3 is 1.33 bits per heavy atom. The second kappa shape index (κ2) is 12.7. The number of para-hydroxylation sites is 1. The lowest BCUT2D eigenvalue weighted by molar-refractivity contribution is 1.07. The van der Waals surface area contributed by atoms with Crippen molar-refractivity contribution >= 4 is 21.8 Å². The van der Waals surface area contributed by atoms with E-state index in [0.29, 0.717) is 23.0 Å². The maximum absolute atomic E-state index is 9.83.